The number of amides is 3. The molecule has 0 spiro atoms. The molecule has 1 aromatic heterocycles. The van der Waals surface area contributed by atoms with Crippen molar-refractivity contribution < 1.29 is 14.1 Å². The zero-order valence-corrected chi connectivity index (χ0v) is 15.5. The Hall–Kier alpha value is -2.90. The number of urea groups is 1. The number of hydrogen-bond acceptors (Lipinski definition) is 5. The standard InChI is InChI=1S/C19H25N5O3/c1-13-5-2-3-7-15(13)18-22-17(27-23-18)11-21-19(26)24-10-4-6-14(12-24)8-9-16(20)25/h2-3,5,7,14H,4,6,8-12H2,1H3,(H2,20,25)(H,21,26). The lowest BCUT2D eigenvalue weighted by molar-refractivity contribution is -0.118. The van der Waals surface area contributed by atoms with Crippen molar-refractivity contribution in [1.82, 2.24) is 20.4 Å². The summed E-state index contributed by atoms with van der Waals surface area (Å²) >= 11 is 0. The van der Waals surface area contributed by atoms with Crippen LogP contribution in [0.4, 0.5) is 4.79 Å². The largest absolute Gasteiger partial charge is 0.370 e. The van der Waals surface area contributed by atoms with Crippen molar-refractivity contribution in [3.05, 3.63) is 35.7 Å². The van der Waals surface area contributed by atoms with Gasteiger partial charge in [-0.3, -0.25) is 4.79 Å². The molecule has 1 aromatic carbocycles. The number of likely N-dealkylation sites (tertiary alicyclic amines) is 1. The van der Waals surface area contributed by atoms with Crippen LogP contribution in [0.5, 0.6) is 0 Å². The number of nitrogens with two attached hydrogens (primary N) is 1. The second-order valence-electron chi connectivity index (χ2n) is 6.94. The molecule has 3 rings (SSSR count). The van der Waals surface area contributed by atoms with Gasteiger partial charge in [0.1, 0.15) is 0 Å². The van der Waals surface area contributed by atoms with Gasteiger partial charge in [-0.25, -0.2) is 4.79 Å². The Morgan fingerprint density at radius 1 is 1.37 bits per heavy atom. The van der Waals surface area contributed by atoms with Gasteiger partial charge in [0.05, 0.1) is 6.54 Å². The van der Waals surface area contributed by atoms with Crippen molar-refractivity contribution in [2.45, 2.75) is 39.2 Å². The number of nitrogens with zero attached hydrogens (tertiary/aromatic N) is 3. The molecule has 144 valence electrons. The maximum absolute atomic E-state index is 12.4. The van der Waals surface area contributed by atoms with Gasteiger partial charge in [0, 0.05) is 25.1 Å². The van der Waals surface area contributed by atoms with Gasteiger partial charge in [-0.1, -0.05) is 29.4 Å². The zero-order chi connectivity index (χ0) is 19.2. The third-order valence-electron chi connectivity index (χ3n) is 4.85. The lowest BCUT2D eigenvalue weighted by Crippen LogP contribution is -2.45. The summed E-state index contributed by atoms with van der Waals surface area (Å²) in [4.78, 5) is 29.5. The van der Waals surface area contributed by atoms with Crippen LogP contribution in [-0.2, 0) is 11.3 Å². The molecular formula is C19H25N5O3. The SMILES string of the molecule is Cc1ccccc1-c1noc(CNC(=O)N2CCCC(CCC(N)=O)C2)n1. The van der Waals surface area contributed by atoms with E-state index in [2.05, 4.69) is 15.5 Å². The fourth-order valence-electron chi connectivity index (χ4n) is 3.35. The van der Waals surface area contributed by atoms with Gasteiger partial charge >= 0.3 is 6.03 Å². The van der Waals surface area contributed by atoms with E-state index in [0.717, 1.165) is 30.4 Å². The highest BCUT2D eigenvalue weighted by Gasteiger charge is 2.24. The van der Waals surface area contributed by atoms with E-state index < -0.39 is 0 Å². The third kappa shape index (κ3) is 5.06. The lowest BCUT2D eigenvalue weighted by atomic mass is 9.93. The first kappa shape index (κ1) is 18.9. The lowest BCUT2D eigenvalue weighted by Gasteiger charge is -2.32. The first-order valence-electron chi connectivity index (χ1n) is 9.22. The van der Waals surface area contributed by atoms with Crippen molar-refractivity contribution in [3.63, 3.8) is 0 Å². The number of aryl methyl sites for hydroxylation is 1. The maximum Gasteiger partial charge on any atom is 0.317 e. The maximum atomic E-state index is 12.4. The summed E-state index contributed by atoms with van der Waals surface area (Å²) in [6.45, 7) is 3.51. The summed E-state index contributed by atoms with van der Waals surface area (Å²) in [7, 11) is 0. The van der Waals surface area contributed by atoms with Gasteiger partial charge in [-0.2, -0.15) is 4.98 Å². The molecule has 1 unspecified atom stereocenters. The molecule has 0 aliphatic carbocycles. The highest BCUT2D eigenvalue weighted by Crippen LogP contribution is 2.21. The number of rotatable bonds is 6. The summed E-state index contributed by atoms with van der Waals surface area (Å²) < 4.78 is 5.25. The van der Waals surface area contributed by atoms with Crippen LogP contribution in [0.2, 0.25) is 0 Å². The van der Waals surface area contributed by atoms with E-state index >= 15 is 0 Å². The Morgan fingerprint density at radius 3 is 2.96 bits per heavy atom. The summed E-state index contributed by atoms with van der Waals surface area (Å²) in [6.07, 6.45) is 3.03. The topological polar surface area (TPSA) is 114 Å². The Bertz CT molecular complexity index is 804. The van der Waals surface area contributed by atoms with Crippen LogP contribution in [0.15, 0.2) is 28.8 Å². The van der Waals surface area contributed by atoms with Gasteiger partial charge in [0.15, 0.2) is 0 Å². The van der Waals surface area contributed by atoms with Crippen molar-refractivity contribution in [3.8, 4) is 11.4 Å². The molecule has 1 fully saturated rings. The minimum Gasteiger partial charge on any atom is -0.370 e. The van der Waals surface area contributed by atoms with Crippen molar-refractivity contribution in [1.29, 1.82) is 0 Å². The van der Waals surface area contributed by atoms with Gasteiger partial charge in [0.25, 0.3) is 0 Å². The molecule has 1 saturated heterocycles. The van der Waals surface area contributed by atoms with Gasteiger partial charge in [-0.05, 0) is 37.7 Å². The average molecular weight is 371 g/mol. The Kier molecular flexibility index (Phi) is 6.05. The molecule has 0 radical (unpaired) electrons. The fourth-order valence-corrected chi connectivity index (χ4v) is 3.35. The van der Waals surface area contributed by atoms with E-state index in [1.807, 2.05) is 31.2 Å². The summed E-state index contributed by atoms with van der Waals surface area (Å²) in [5.41, 5.74) is 7.18. The van der Waals surface area contributed by atoms with Crippen LogP contribution in [0, 0.1) is 12.8 Å². The highest BCUT2D eigenvalue weighted by molar-refractivity contribution is 5.74. The van der Waals surface area contributed by atoms with Crippen LogP contribution in [0.3, 0.4) is 0 Å². The van der Waals surface area contributed by atoms with Crippen LogP contribution < -0.4 is 11.1 Å². The Labute approximate surface area is 158 Å². The second kappa shape index (κ2) is 8.66. The number of nitrogens with one attached hydrogen (secondary N) is 1. The molecule has 1 aliphatic heterocycles. The summed E-state index contributed by atoms with van der Waals surface area (Å²) in [6, 6.07) is 7.63. The minimum absolute atomic E-state index is 0.158. The number of primary amides is 1. The molecule has 1 aliphatic rings. The average Bonchev–Trinajstić information content (AvgIpc) is 3.14. The van der Waals surface area contributed by atoms with Gasteiger partial charge in [-0.15, -0.1) is 0 Å². The monoisotopic (exact) mass is 371 g/mol. The van der Waals surface area contributed by atoms with Gasteiger partial charge in [0.2, 0.25) is 17.6 Å². The number of hydrogen-bond donors (Lipinski definition) is 2. The molecule has 2 aromatic rings. The first-order valence-corrected chi connectivity index (χ1v) is 9.22. The van der Waals surface area contributed by atoms with E-state index in [-0.39, 0.29) is 18.5 Å². The van der Waals surface area contributed by atoms with Gasteiger partial charge < -0.3 is 20.5 Å². The smallest absolute Gasteiger partial charge is 0.317 e. The molecular weight excluding hydrogens is 346 g/mol. The normalized spacial score (nSPS) is 16.9. The Balaban J connectivity index is 1.52. The molecule has 3 N–H and O–H groups in total. The molecule has 27 heavy (non-hydrogen) atoms. The number of carbonyl (C=O) groups is 2. The van der Waals surface area contributed by atoms with E-state index in [1.54, 1.807) is 4.90 Å². The van der Waals surface area contributed by atoms with Crippen molar-refractivity contribution in [2.24, 2.45) is 11.7 Å². The molecule has 0 saturated carbocycles. The Morgan fingerprint density at radius 2 is 2.19 bits per heavy atom. The first-order chi connectivity index (χ1) is 13.0. The number of piperidine rings is 1. The second-order valence-corrected chi connectivity index (χ2v) is 6.94. The van der Waals surface area contributed by atoms with E-state index in [9.17, 15) is 9.59 Å². The summed E-state index contributed by atoms with van der Waals surface area (Å²) in [5, 5.41) is 6.83. The molecule has 3 amide bonds. The van der Waals surface area contributed by atoms with E-state index in [4.69, 9.17) is 10.3 Å². The molecule has 2 heterocycles. The minimum atomic E-state index is -0.294. The number of carbonyl (C=O) groups excluding carboxylic acids is 2. The molecule has 0 bridgehead atoms. The van der Waals surface area contributed by atoms with Crippen LogP contribution in [0.1, 0.15) is 37.1 Å². The van der Waals surface area contributed by atoms with Crippen LogP contribution in [0.25, 0.3) is 11.4 Å². The highest BCUT2D eigenvalue weighted by atomic mass is 16.5. The van der Waals surface area contributed by atoms with E-state index in [1.165, 1.54) is 0 Å². The van der Waals surface area contributed by atoms with Crippen molar-refractivity contribution >= 4 is 11.9 Å². The molecule has 1 atom stereocenters. The fraction of sp³-hybridized carbons (Fsp3) is 0.474. The van der Waals surface area contributed by atoms with Crippen molar-refractivity contribution in [2.75, 3.05) is 13.1 Å². The predicted molar refractivity (Wildman–Crippen MR) is 99.4 cm³/mol. The predicted octanol–water partition coefficient (Wildman–Crippen LogP) is 2.23. The van der Waals surface area contributed by atoms with Crippen LogP contribution >= 0.6 is 0 Å². The number of benzene rings is 1. The summed E-state index contributed by atoms with van der Waals surface area (Å²) in [5.74, 6) is 0.899. The van der Waals surface area contributed by atoms with Crippen LogP contribution in [-0.4, -0.2) is 40.1 Å². The molecule has 8 heteroatoms. The molecule has 8 nitrogen and oxygen atoms in total. The quantitative estimate of drug-likeness (QED) is 0.808. The van der Waals surface area contributed by atoms with E-state index in [0.29, 0.717) is 37.1 Å². The number of aromatic nitrogens is 2. The third-order valence-corrected chi connectivity index (χ3v) is 4.85. The zero-order valence-electron chi connectivity index (χ0n) is 15.5.